The molecule has 2 fully saturated rings. The SMILES string of the molecule is O=C(c1cc(Cl)c[nH]1)N1CCN(CC2CCCO2)CC1. The predicted molar refractivity (Wildman–Crippen MR) is 77.1 cm³/mol. The number of aromatic amines is 1. The van der Waals surface area contributed by atoms with E-state index in [1.165, 1.54) is 12.8 Å². The van der Waals surface area contributed by atoms with Crippen molar-refractivity contribution in [1.29, 1.82) is 0 Å². The second-order valence-electron chi connectivity index (χ2n) is 5.46. The van der Waals surface area contributed by atoms with Gasteiger partial charge >= 0.3 is 0 Å². The van der Waals surface area contributed by atoms with E-state index < -0.39 is 0 Å². The van der Waals surface area contributed by atoms with Crippen LogP contribution in [0.1, 0.15) is 23.3 Å². The van der Waals surface area contributed by atoms with Crippen LogP contribution in [-0.2, 0) is 4.74 Å². The molecule has 2 aliphatic heterocycles. The van der Waals surface area contributed by atoms with Gasteiger partial charge in [0.15, 0.2) is 0 Å². The Labute approximate surface area is 123 Å². The lowest BCUT2D eigenvalue weighted by molar-refractivity contribution is 0.0430. The van der Waals surface area contributed by atoms with E-state index in [4.69, 9.17) is 16.3 Å². The zero-order valence-corrected chi connectivity index (χ0v) is 12.2. The van der Waals surface area contributed by atoms with Gasteiger partial charge in [-0.25, -0.2) is 0 Å². The Hall–Kier alpha value is -1.04. The quantitative estimate of drug-likeness (QED) is 0.922. The van der Waals surface area contributed by atoms with Gasteiger partial charge in [-0.05, 0) is 18.9 Å². The summed E-state index contributed by atoms with van der Waals surface area (Å²) >= 11 is 5.84. The van der Waals surface area contributed by atoms with E-state index in [-0.39, 0.29) is 5.91 Å². The third kappa shape index (κ3) is 3.16. The molecular formula is C14H20ClN3O2. The fourth-order valence-electron chi connectivity index (χ4n) is 2.87. The number of nitrogens with one attached hydrogen (secondary N) is 1. The van der Waals surface area contributed by atoms with Gasteiger partial charge in [0, 0.05) is 45.5 Å². The molecule has 6 heteroatoms. The molecule has 2 saturated heterocycles. The number of piperazine rings is 1. The average molecular weight is 298 g/mol. The highest BCUT2D eigenvalue weighted by atomic mass is 35.5. The second-order valence-corrected chi connectivity index (χ2v) is 5.90. The topological polar surface area (TPSA) is 48.6 Å². The first kappa shape index (κ1) is 13.9. The van der Waals surface area contributed by atoms with Crippen molar-refractivity contribution in [2.75, 3.05) is 39.3 Å². The molecule has 0 spiro atoms. The summed E-state index contributed by atoms with van der Waals surface area (Å²) in [5.41, 5.74) is 0.572. The van der Waals surface area contributed by atoms with Crippen LogP contribution >= 0.6 is 11.6 Å². The molecule has 110 valence electrons. The molecule has 2 aliphatic rings. The maximum Gasteiger partial charge on any atom is 0.270 e. The van der Waals surface area contributed by atoms with Gasteiger partial charge in [-0.2, -0.15) is 0 Å². The van der Waals surface area contributed by atoms with Gasteiger partial charge < -0.3 is 14.6 Å². The van der Waals surface area contributed by atoms with Crippen molar-refractivity contribution >= 4 is 17.5 Å². The number of nitrogens with zero attached hydrogens (tertiary/aromatic N) is 2. The normalized spacial score (nSPS) is 24.2. The Kier molecular flexibility index (Phi) is 4.29. The molecule has 0 bridgehead atoms. The van der Waals surface area contributed by atoms with Gasteiger partial charge in [0.2, 0.25) is 0 Å². The van der Waals surface area contributed by atoms with Crippen LogP contribution in [0.25, 0.3) is 0 Å². The number of carbonyl (C=O) groups excluding carboxylic acids is 1. The number of hydrogen-bond acceptors (Lipinski definition) is 3. The van der Waals surface area contributed by atoms with E-state index >= 15 is 0 Å². The number of carbonyl (C=O) groups is 1. The van der Waals surface area contributed by atoms with Gasteiger partial charge in [0.25, 0.3) is 5.91 Å². The highest BCUT2D eigenvalue weighted by molar-refractivity contribution is 6.30. The second kappa shape index (κ2) is 6.16. The minimum atomic E-state index is 0.0358. The van der Waals surface area contributed by atoms with Crippen LogP contribution in [0.15, 0.2) is 12.3 Å². The van der Waals surface area contributed by atoms with E-state index in [2.05, 4.69) is 9.88 Å². The third-order valence-electron chi connectivity index (χ3n) is 4.02. The van der Waals surface area contributed by atoms with Crippen molar-refractivity contribution in [3.05, 3.63) is 23.0 Å². The smallest absolute Gasteiger partial charge is 0.270 e. The Morgan fingerprint density at radius 2 is 2.20 bits per heavy atom. The lowest BCUT2D eigenvalue weighted by Crippen LogP contribution is -2.50. The number of aromatic nitrogens is 1. The fraction of sp³-hybridized carbons (Fsp3) is 0.643. The monoisotopic (exact) mass is 297 g/mol. The zero-order valence-electron chi connectivity index (χ0n) is 11.5. The molecule has 1 atom stereocenters. The predicted octanol–water partition coefficient (Wildman–Crippen LogP) is 1.60. The minimum Gasteiger partial charge on any atom is -0.377 e. The van der Waals surface area contributed by atoms with Crippen LogP contribution in [-0.4, -0.2) is 66.1 Å². The van der Waals surface area contributed by atoms with Crippen molar-refractivity contribution in [2.24, 2.45) is 0 Å². The van der Waals surface area contributed by atoms with Crippen molar-refractivity contribution in [1.82, 2.24) is 14.8 Å². The molecule has 1 amide bonds. The molecule has 1 aromatic heterocycles. The van der Waals surface area contributed by atoms with Crippen LogP contribution in [0.2, 0.25) is 5.02 Å². The van der Waals surface area contributed by atoms with E-state index in [0.717, 1.165) is 39.3 Å². The summed E-state index contributed by atoms with van der Waals surface area (Å²) in [6, 6.07) is 1.68. The molecule has 1 aromatic rings. The van der Waals surface area contributed by atoms with Crippen molar-refractivity contribution in [3.63, 3.8) is 0 Å². The molecule has 0 aliphatic carbocycles. The van der Waals surface area contributed by atoms with Crippen LogP contribution in [0.4, 0.5) is 0 Å². The molecule has 0 saturated carbocycles. The Balaban J connectivity index is 1.49. The highest BCUT2D eigenvalue weighted by Gasteiger charge is 2.25. The van der Waals surface area contributed by atoms with Gasteiger partial charge in [-0.15, -0.1) is 0 Å². The molecule has 3 heterocycles. The molecule has 1 unspecified atom stereocenters. The van der Waals surface area contributed by atoms with Crippen molar-refractivity contribution in [3.8, 4) is 0 Å². The first-order valence-electron chi connectivity index (χ1n) is 7.19. The first-order valence-corrected chi connectivity index (χ1v) is 7.57. The summed E-state index contributed by atoms with van der Waals surface area (Å²) in [4.78, 5) is 19.4. The van der Waals surface area contributed by atoms with E-state index in [1.54, 1.807) is 12.3 Å². The maximum absolute atomic E-state index is 12.3. The average Bonchev–Trinajstić information content (AvgIpc) is 3.10. The number of hydrogen-bond donors (Lipinski definition) is 1. The summed E-state index contributed by atoms with van der Waals surface area (Å²) in [7, 11) is 0. The summed E-state index contributed by atoms with van der Waals surface area (Å²) in [5, 5.41) is 0.574. The number of rotatable bonds is 3. The Morgan fingerprint density at radius 3 is 2.80 bits per heavy atom. The standard InChI is InChI=1S/C14H20ClN3O2/c15-11-8-13(16-9-11)14(19)18-5-3-17(4-6-18)10-12-2-1-7-20-12/h8-9,12,16H,1-7,10H2. The van der Waals surface area contributed by atoms with Gasteiger partial charge in [-0.1, -0.05) is 11.6 Å². The molecule has 0 aromatic carbocycles. The maximum atomic E-state index is 12.3. The van der Waals surface area contributed by atoms with Crippen LogP contribution in [0.5, 0.6) is 0 Å². The molecule has 3 rings (SSSR count). The zero-order chi connectivity index (χ0) is 13.9. The van der Waals surface area contributed by atoms with Gasteiger partial charge in [0.05, 0.1) is 11.1 Å². The minimum absolute atomic E-state index is 0.0358. The van der Waals surface area contributed by atoms with Crippen molar-refractivity contribution in [2.45, 2.75) is 18.9 Å². The number of halogens is 1. The molecule has 0 radical (unpaired) electrons. The van der Waals surface area contributed by atoms with Crippen LogP contribution in [0, 0.1) is 0 Å². The highest BCUT2D eigenvalue weighted by Crippen LogP contribution is 2.16. The Bertz CT molecular complexity index is 463. The van der Waals surface area contributed by atoms with Crippen molar-refractivity contribution < 1.29 is 9.53 Å². The summed E-state index contributed by atoms with van der Waals surface area (Å²) in [6.45, 7) is 5.26. The number of amides is 1. The molecule has 5 nitrogen and oxygen atoms in total. The number of ether oxygens (including phenoxy) is 1. The van der Waals surface area contributed by atoms with E-state index in [9.17, 15) is 4.79 Å². The summed E-state index contributed by atoms with van der Waals surface area (Å²) < 4.78 is 5.66. The lowest BCUT2D eigenvalue weighted by atomic mass is 10.2. The van der Waals surface area contributed by atoms with Gasteiger partial charge in [-0.3, -0.25) is 9.69 Å². The largest absolute Gasteiger partial charge is 0.377 e. The first-order chi connectivity index (χ1) is 9.72. The Morgan fingerprint density at radius 1 is 1.40 bits per heavy atom. The third-order valence-corrected chi connectivity index (χ3v) is 4.24. The van der Waals surface area contributed by atoms with E-state index in [1.807, 2.05) is 4.90 Å². The number of H-pyrrole nitrogens is 1. The molecular weight excluding hydrogens is 278 g/mol. The summed E-state index contributed by atoms with van der Waals surface area (Å²) in [5.74, 6) is 0.0358. The van der Waals surface area contributed by atoms with E-state index in [0.29, 0.717) is 16.8 Å². The lowest BCUT2D eigenvalue weighted by Gasteiger charge is -2.35. The van der Waals surface area contributed by atoms with Crippen LogP contribution in [0.3, 0.4) is 0 Å². The van der Waals surface area contributed by atoms with Gasteiger partial charge in [0.1, 0.15) is 5.69 Å². The summed E-state index contributed by atoms with van der Waals surface area (Å²) in [6.07, 6.45) is 4.37. The molecule has 20 heavy (non-hydrogen) atoms. The molecule has 1 N–H and O–H groups in total. The van der Waals surface area contributed by atoms with Crippen LogP contribution < -0.4 is 0 Å². The fourth-order valence-corrected chi connectivity index (χ4v) is 3.04.